The molecule has 2 rings (SSSR count). The van der Waals surface area contributed by atoms with E-state index in [1.54, 1.807) is 13.2 Å². The minimum absolute atomic E-state index is 0.164. The van der Waals surface area contributed by atoms with Gasteiger partial charge in [0.1, 0.15) is 5.82 Å². The Morgan fingerprint density at radius 2 is 2.04 bits per heavy atom. The summed E-state index contributed by atoms with van der Waals surface area (Å²) in [5.41, 5.74) is 2.81. The number of methoxy groups -OCH3 is 1. The Labute approximate surface area is 143 Å². The topological polar surface area (TPSA) is 30.3 Å². The van der Waals surface area contributed by atoms with E-state index >= 15 is 0 Å². The zero-order chi connectivity index (χ0) is 17.5. The van der Waals surface area contributed by atoms with Gasteiger partial charge in [-0.2, -0.15) is 5.10 Å². The number of aryl methyl sites for hydroxylation is 1. The maximum atomic E-state index is 14.0. The summed E-state index contributed by atoms with van der Waals surface area (Å²) in [6, 6.07) is 7.07. The van der Waals surface area contributed by atoms with Crippen LogP contribution in [0.25, 0.3) is 0 Å². The number of allylic oxidation sites excluding steroid dienone is 1. The molecule has 0 saturated heterocycles. The molecular weight excluding hydrogens is 305 g/mol. The lowest BCUT2D eigenvalue weighted by atomic mass is 10.1. The van der Waals surface area contributed by atoms with Crippen molar-refractivity contribution in [3.8, 4) is 0 Å². The van der Waals surface area contributed by atoms with Gasteiger partial charge in [-0.05, 0) is 19.9 Å². The Balaban J connectivity index is 2.20. The number of aromatic nitrogens is 2. The molecule has 5 heteroatoms. The third-order valence-corrected chi connectivity index (χ3v) is 4.10. The van der Waals surface area contributed by atoms with E-state index in [0.29, 0.717) is 31.8 Å². The standard InChI is InChI=1S/C19H26FN3O/c1-5-10-23-13-18(16(3)21-23)12-22(15(2)14-24-4)11-17-8-6-7-9-19(17)20/h5-9,13,15H,1,10-12,14H2,2-4H3/t15-/m1/s1. The SMILES string of the molecule is C=CCn1cc(CN(Cc2ccccc2F)[C@H](C)COC)c(C)n1. The summed E-state index contributed by atoms with van der Waals surface area (Å²) < 4.78 is 21.2. The molecule has 0 fully saturated rings. The van der Waals surface area contributed by atoms with Crippen LogP contribution in [0.3, 0.4) is 0 Å². The van der Waals surface area contributed by atoms with Crippen molar-refractivity contribution in [1.82, 2.24) is 14.7 Å². The van der Waals surface area contributed by atoms with Gasteiger partial charge in [0, 0.05) is 43.6 Å². The van der Waals surface area contributed by atoms with Crippen molar-refractivity contribution in [3.63, 3.8) is 0 Å². The van der Waals surface area contributed by atoms with Gasteiger partial charge < -0.3 is 4.74 Å². The number of halogens is 1. The molecule has 4 nitrogen and oxygen atoms in total. The monoisotopic (exact) mass is 331 g/mol. The highest BCUT2D eigenvalue weighted by Crippen LogP contribution is 2.17. The van der Waals surface area contributed by atoms with Gasteiger partial charge in [0.2, 0.25) is 0 Å². The molecular formula is C19H26FN3O. The van der Waals surface area contributed by atoms with Crippen molar-refractivity contribution in [2.24, 2.45) is 0 Å². The molecule has 1 heterocycles. The smallest absolute Gasteiger partial charge is 0.127 e. The van der Waals surface area contributed by atoms with Gasteiger partial charge in [0.15, 0.2) is 0 Å². The van der Waals surface area contributed by atoms with Crippen LogP contribution in [0.4, 0.5) is 4.39 Å². The maximum Gasteiger partial charge on any atom is 0.127 e. The van der Waals surface area contributed by atoms with Gasteiger partial charge in [-0.25, -0.2) is 4.39 Å². The van der Waals surface area contributed by atoms with E-state index in [-0.39, 0.29) is 11.9 Å². The van der Waals surface area contributed by atoms with Gasteiger partial charge in [-0.15, -0.1) is 6.58 Å². The first-order chi connectivity index (χ1) is 11.5. The summed E-state index contributed by atoms with van der Waals surface area (Å²) in [5.74, 6) is -0.175. The highest BCUT2D eigenvalue weighted by molar-refractivity contribution is 5.19. The number of nitrogens with zero attached hydrogens (tertiary/aromatic N) is 3. The average molecular weight is 331 g/mol. The van der Waals surface area contributed by atoms with Gasteiger partial charge >= 0.3 is 0 Å². The highest BCUT2D eigenvalue weighted by atomic mass is 19.1. The second-order valence-corrected chi connectivity index (χ2v) is 6.05. The Hall–Kier alpha value is -1.98. The zero-order valence-corrected chi connectivity index (χ0v) is 14.7. The largest absolute Gasteiger partial charge is 0.383 e. The van der Waals surface area contributed by atoms with Crippen LogP contribution < -0.4 is 0 Å². The van der Waals surface area contributed by atoms with E-state index in [9.17, 15) is 4.39 Å². The first-order valence-corrected chi connectivity index (χ1v) is 8.15. The second kappa shape index (κ2) is 8.76. The molecule has 0 saturated carbocycles. The van der Waals surface area contributed by atoms with Crippen LogP contribution in [-0.4, -0.2) is 34.4 Å². The van der Waals surface area contributed by atoms with Crippen molar-refractivity contribution in [3.05, 3.63) is 65.8 Å². The number of benzene rings is 1. The van der Waals surface area contributed by atoms with Crippen LogP contribution in [0.15, 0.2) is 43.1 Å². The fourth-order valence-electron chi connectivity index (χ4n) is 2.72. The van der Waals surface area contributed by atoms with Crippen LogP contribution in [0, 0.1) is 12.7 Å². The number of hydrogen-bond donors (Lipinski definition) is 0. The molecule has 0 amide bonds. The molecule has 1 atom stereocenters. The van der Waals surface area contributed by atoms with E-state index in [0.717, 1.165) is 11.3 Å². The van der Waals surface area contributed by atoms with E-state index in [2.05, 4.69) is 23.5 Å². The molecule has 1 aromatic heterocycles. The number of rotatable bonds is 9. The van der Waals surface area contributed by atoms with Gasteiger partial charge in [0.25, 0.3) is 0 Å². The molecule has 0 spiro atoms. The first kappa shape index (κ1) is 18.4. The van der Waals surface area contributed by atoms with E-state index in [1.807, 2.05) is 36.0 Å². The summed E-state index contributed by atoms with van der Waals surface area (Å²) in [4.78, 5) is 2.21. The maximum absolute atomic E-state index is 14.0. The molecule has 0 N–H and O–H groups in total. The summed E-state index contributed by atoms with van der Waals surface area (Å²) in [5, 5.41) is 4.50. The normalized spacial score (nSPS) is 12.5. The molecule has 1 aromatic carbocycles. The number of hydrogen-bond acceptors (Lipinski definition) is 3. The Bertz CT molecular complexity index is 668. The molecule has 2 aromatic rings. The van der Waals surface area contributed by atoms with Crippen LogP contribution in [-0.2, 0) is 24.4 Å². The van der Waals surface area contributed by atoms with E-state index in [4.69, 9.17) is 4.74 Å². The zero-order valence-electron chi connectivity index (χ0n) is 14.7. The highest BCUT2D eigenvalue weighted by Gasteiger charge is 2.18. The molecule has 0 aliphatic heterocycles. The molecule has 0 unspecified atom stereocenters. The number of ether oxygens (including phenoxy) is 1. The predicted molar refractivity (Wildman–Crippen MR) is 94.1 cm³/mol. The Morgan fingerprint density at radius 1 is 1.33 bits per heavy atom. The molecule has 130 valence electrons. The van der Waals surface area contributed by atoms with Crippen LogP contribution in [0.5, 0.6) is 0 Å². The molecule has 0 radical (unpaired) electrons. The van der Waals surface area contributed by atoms with Crippen LogP contribution in [0.1, 0.15) is 23.7 Å². The quantitative estimate of drug-likeness (QED) is 0.658. The molecule has 0 aliphatic rings. The lowest BCUT2D eigenvalue weighted by Crippen LogP contribution is -2.35. The van der Waals surface area contributed by atoms with Crippen molar-refractivity contribution in [1.29, 1.82) is 0 Å². The molecule has 0 bridgehead atoms. The van der Waals surface area contributed by atoms with Crippen molar-refractivity contribution in [2.45, 2.75) is 39.5 Å². The van der Waals surface area contributed by atoms with Crippen molar-refractivity contribution >= 4 is 0 Å². The minimum atomic E-state index is -0.175. The lowest BCUT2D eigenvalue weighted by molar-refractivity contribution is 0.0886. The molecule has 0 aliphatic carbocycles. The van der Waals surface area contributed by atoms with Crippen LogP contribution in [0.2, 0.25) is 0 Å². The third kappa shape index (κ3) is 4.76. The summed E-state index contributed by atoms with van der Waals surface area (Å²) in [7, 11) is 1.69. The Morgan fingerprint density at radius 3 is 2.71 bits per heavy atom. The predicted octanol–water partition coefficient (Wildman–Crippen LogP) is 3.55. The average Bonchev–Trinajstić information content (AvgIpc) is 2.89. The Kier molecular flexibility index (Phi) is 6.70. The summed E-state index contributed by atoms with van der Waals surface area (Å²) in [6.07, 6.45) is 3.85. The lowest BCUT2D eigenvalue weighted by Gasteiger charge is -2.28. The molecule has 24 heavy (non-hydrogen) atoms. The van der Waals surface area contributed by atoms with Gasteiger partial charge in [0.05, 0.1) is 18.8 Å². The second-order valence-electron chi connectivity index (χ2n) is 6.05. The minimum Gasteiger partial charge on any atom is -0.383 e. The fraction of sp³-hybridized carbons (Fsp3) is 0.421. The van der Waals surface area contributed by atoms with Crippen LogP contribution >= 0.6 is 0 Å². The van der Waals surface area contributed by atoms with E-state index in [1.165, 1.54) is 6.07 Å². The first-order valence-electron chi connectivity index (χ1n) is 8.15. The summed E-state index contributed by atoms with van der Waals surface area (Å²) in [6.45, 7) is 10.3. The van der Waals surface area contributed by atoms with Gasteiger partial charge in [-0.1, -0.05) is 24.3 Å². The summed E-state index contributed by atoms with van der Waals surface area (Å²) >= 11 is 0. The fourth-order valence-corrected chi connectivity index (χ4v) is 2.72. The third-order valence-electron chi connectivity index (χ3n) is 4.10. The van der Waals surface area contributed by atoms with Gasteiger partial charge in [-0.3, -0.25) is 9.58 Å². The van der Waals surface area contributed by atoms with Crippen molar-refractivity contribution < 1.29 is 9.13 Å². The van der Waals surface area contributed by atoms with Crippen molar-refractivity contribution in [2.75, 3.05) is 13.7 Å². The van der Waals surface area contributed by atoms with E-state index < -0.39 is 0 Å².